The Morgan fingerprint density at radius 1 is 1.20 bits per heavy atom. The predicted molar refractivity (Wildman–Crippen MR) is 115 cm³/mol. The maximum absolute atomic E-state index is 15.1. The normalized spacial score (nSPS) is 26.9. The second kappa shape index (κ2) is 9.94. The number of ketones is 1. The van der Waals surface area contributed by atoms with Gasteiger partial charge in [-0.3, -0.25) is 19.2 Å². The summed E-state index contributed by atoms with van der Waals surface area (Å²) in [4.78, 5) is 51.3. The number of amides is 3. The third-order valence-electron chi connectivity index (χ3n) is 7.40. The summed E-state index contributed by atoms with van der Waals surface area (Å²) in [6.07, 6.45) is 2.25. The third kappa shape index (κ3) is 4.90. The second-order valence-electron chi connectivity index (χ2n) is 9.52. The van der Waals surface area contributed by atoms with Gasteiger partial charge in [0.1, 0.15) is 18.5 Å². The van der Waals surface area contributed by atoms with E-state index in [1.165, 1.54) is 0 Å². The molecule has 7 nitrogen and oxygen atoms in total. The van der Waals surface area contributed by atoms with Crippen LogP contribution in [0.1, 0.15) is 37.7 Å². The van der Waals surface area contributed by atoms with Crippen molar-refractivity contribution in [1.29, 1.82) is 0 Å². The minimum atomic E-state index is -4.07. The molecule has 0 aromatic heterocycles. The monoisotopic (exact) mass is 497 g/mol. The Morgan fingerprint density at radius 2 is 1.97 bits per heavy atom. The smallest absolute Gasteiger partial charge is 0.350 e. The zero-order chi connectivity index (χ0) is 25.3. The zero-order valence-electron chi connectivity index (χ0n) is 18.9. The molecule has 3 fully saturated rings. The Bertz CT molecular complexity index is 1020. The molecule has 1 aromatic carbocycles. The van der Waals surface area contributed by atoms with E-state index in [0.29, 0.717) is 31.9 Å². The molecule has 2 N–H and O–H groups in total. The summed E-state index contributed by atoms with van der Waals surface area (Å²) < 4.78 is 57.0. The summed E-state index contributed by atoms with van der Waals surface area (Å²) in [7, 11) is 0. The van der Waals surface area contributed by atoms with Crippen molar-refractivity contribution in [2.45, 2.75) is 50.1 Å². The van der Waals surface area contributed by atoms with Crippen molar-refractivity contribution in [1.82, 2.24) is 15.5 Å². The number of fused-ring (bicyclic) bond motifs is 1. The minimum absolute atomic E-state index is 0.0702. The van der Waals surface area contributed by atoms with E-state index in [4.69, 9.17) is 0 Å². The molecule has 0 radical (unpaired) electrons. The van der Waals surface area contributed by atoms with E-state index >= 15 is 8.78 Å². The molecule has 1 aliphatic carbocycles. The molecule has 2 saturated heterocycles. The van der Waals surface area contributed by atoms with Crippen LogP contribution in [0.3, 0.4) is 0 Å². The van der Waals surface area contributed by atoms with Crippen LogP contribution in [0.4, 0.5) is 17.6 Å². The van der Waals surface area contributed by atoms with E-state index in [9.17, 15) is 28.0 Å². The maximum atomic E-state index is 15.1. The highest BCUT2D eigenvalue weighted by Gasteiger charge is 2.55. The molecule has 2 aliphatic heterocycles. The fourth-order valence-electron chi connectivity index (χ4n) is 5.61. The summed E-state index contributed by atoms with van der Waals surface area (Å²) in [5.74, 6) is -9.84. The molecule has 5 atom stereocenters. The Labute approximate surface area is 199 Å². The standard InChI is InChI=1S/C24H27F4N3O4/c25-11-19(32)18(9-13-7-8-29-21(13)33)30-22(34)20-17-6-1-3-14(17)12-31(20)23(35)24(27,28)15-4-2-5-16(26)10-15/h2,4-5,10,13-14,17-18,20H,1,3,6-9,11-12H2,(H,29,33)(H,30,34)/t13-,14-,17-,18+,20+/m0/s1. The van der Waals surface area contributed by atoms with Crippen LogP contribution < -0.4 is 10.6 Å². The van der Waals surface area contributed by atoms with Crippen LogP contribution in [0.25, 0.3) is 0 Å². The minimum Gasteiger partial charge on any atom is -0.356 e. The predicted octanol–water partition coefficient (Wildman–Crippen LogP) is 2.09. The van der Waals surface area contributed by atoms with Crippen LogP contribution in [0.15, 0.2) is 24.3 Å². The maximum Gasteiger partial charge on any atom is 0.350 e. The number of benzene rings is 1. The Morgan fingerprint density at radius 3 is 2.63 bits per heavy atom. The zero-order valence-corrected chi connectivity index (χ0v) is 18.9. The summed E-state index contributed by atoms with van der Waals surface area (Å²) in [5, 5.41) is 5.06. The Balaban J connectivity index is 1.57. The molecule has 2 heterocycles. The van der Waals surface area contributed by atoms with E-state index < -0.39 is 65.5 Å². The molecule has 1 aromatic rings. The lowest BCUT2D eigenvalue weighted by Crippen LogP contribution is -2.55. The summed E-state index contributed by atoms with van der Waals surface area (Å²) in [6, 6.07) is 0.972. The van der Waals surface area contributed by atoms with Gasteiger partial charge in [0.05, 0.1) is 6.04 Å². The molecule has 0 spiro atoms. The second-order valence-corrected chi connectivity index (χ2v) is 9.52. The van der Waals surface area contributed by atoms with Gasteiger partial charge in [-0.1, -0.05) is 18.6 Å². The van der Waals surface area contributed by atoms with Crippen molar-refractivity contribution >= 4 is 23.5 Å². The van der Waals surface area contributed by atoms with E-state index in [1.54, 1.807) is 0 Å². The van der Waals surface area contributed by atoms with Crippen molar-refractivity contribution < 1.29 is 36.7 Å². The molecular formula is C24H27F4N3O4. The quantitative estimate of drug-likeness (QED) is 0.538. The number of hydrogen-bond donors (Lipinski definition) is 2. The average molecular weight is 497 g/mol. The molecule has 0 bridgehead atoms. The third-order valence-corrected chi connectivity index (χ3v) is 7.40. The first-order valence-electron chi connectivity index (χ1n) is 11.7. The summed E-state index contributed by atoms with van der Waals surface area (Å²) in [6.45, 7) is -1.03. The van der Waals surface area contributed by atoms with Crippen LogP contribution in [-0.4, -0.2) is 60.3 Å². The number of alkyl halides is 3. The molecule has 11 heteroatoms. The van der Waals surface area contributed by atoms with Gasteiger partial charge in [0.2, 0.25) is 11.8 Å². The number of nitrogens with one attached hydrogen (secondary N) is 2. The Hall–Kier alpha value is -2.98. The van der Waals surface area contributed by atoms with Crippen LogP contribution in [0.5, 0.6) is 0 Å². The highest BCUT2D eigenvalue weighted by molar-refractivity contribution is 5.95. The van der Waals surface area contributed by atoms with Crippen molar-refractivity contribution in [3.8, 4) is 0 Å². The van der Waals surface area contributed by atoms with E-state index in [1.807, 2.05) is 0 Å². The fourth-order valence-corrected chi connectivity index (χ4v) is 5.61. The number of carbonyl (C=O) groups is 4. The van der Waals surface area contributed by atoms with Crippen LogP contribution in [-0.2, 0) is 25.1 Å². The summed E-state index contributed by atoms with van der Waals surface area (Å²) >= 11 is 0. The molecule has 3 aliphatic rings. The van der Waals surface area contributed by atoms with Crippen LogP contribution in [0, 0.1) is 23.6 Å². The van der Waals surface area contributed by atoms with Gasteiger partial charge < -0.3 is 15.5 Å². The van der Waals surface area contributed by atoms with Gasteiger partial charge >= 0.3 is 5.92 Å². The number of Topliss-reactive ketones (excluding diaryl/α,β-unsaturated/α-hetero) is 1. The molecule has 1 saturated carbocycles. The molecule has 4 rings (SSSR count). The lowest BCUT2D eigenvalue weighted by Gasteiger charge is -2.31. The van der Waals surface area contributed by atoms with Crippen molar-refractivity contribution in [3.63, 3.8) is 0 Å². The van der Waals surface area contributed by atoms with Crippen molar-refractivity contribution in [2.75, 3.05) is 19.8 Å². The SMILES string of the molecule is O=C1NCC[C@H]1C[C@@H](NC(=O)[C@H]1[C@H]2CCC[C@H]2CN1C(=O)C(F)(F)c1cccc(F)c1)C(=O)CF. The topological polar surface area (TPSA) is 95.6 Å². The van der Waals surface area contributed by atoms with Gasteiger partial charge in [-0.15, -0.1) is 0 Å². The highest BCUT2D eigenvalue weighted by atomic mass is 19.3. The van der Waals surface area contributed by atoms with Gasteiger partial charge in [0.25, 0.3) is 5.91 Å². The first-order valence-corrected chi connectivity index (χ1v) is 11.7. The van der Waals surface area contributed by atoms with Crippen molar-refractivity contribution in [2.24, 2.45) is 17.8 Å². The largest absolute Gasteiger partial charge is 0.356 e. The van der Waals surface area contributed by atoms with Gasteiger partial charge in [0.15, 0.2) is 5.78 Å². The number of nitrogens with zero attached hydrogens (tertiary/aromatic N) is 1. The van der Waals surface area contributed by atoms with Gasteiger partial charge in [-0.25, -0.2) is 8.78 Å². The number of hydrogen-bond acceptors (Lipinski definition) is 4. The lowest BCUT2D eigenvalue weighted by atomic mass is 9.92. The van der Waals surface area contributed by atoms with E-state index in [-0.39, 0.29) is 24.8 Å². The first-order chi connectivity index (χ1) is 16.6. The van der Waals surface area contributed by atoms with E-state index in [0.717, 1.165) is 29.5 Å². The number of likely N-dealkylation sites (tertiary alicyclic amines) is 1. The van der Waals surface area contributed by atoms with Crippen LogP contribution >= 0.6 is 0 Å². The highest BCUT2D eigenvalue weighted by Crippen LogP contribution is 2.44. The number of carbonyl (C=O) groups excluding carboxylic acids is 4. The lowest BCUT2D eigenvalue weighted by molar-refractivity contribution is -0.162. The number of rotatable bonds is 8. The first kappa shape index (κ1) is 25.1. The Kier molecular flexibility index (Phi) is 7.14. The number of halogens is 4. The van der Waals surface area contributed by atoms with Crippen LogP contribution in [0.2, 0.25) is 0 Å². The molecule has 190 valence electrons. The summed E-state index contributed by atoms with van der Waals surface area (Å²) in [5.41, 5.74) is -0.823. The molecule has 3 amide bonds. The molecule has 35 heavy (non-hydrogen) atoms. The fraction of sp³-hybridized carbons (Fsp3) is 0.583. The van der Waals surface area contributed by atoms with Gasteiger partial charge in [0, 0.05) is 24.6 Å². The van der Waals surface area contributed by atoms with Crippen molar-refractivity contribution in [3.05, 3.63) is 35.6 Å². The van der Waals surface area contributed by atoms with E-state index in [2.05, 4.69) is 10.6 Å². The average Bonchev–Trinajstić information content (AvgIpc) is 3.53. The van der Waals surface area contributed by atoms with Gasteiger partial charge in [-0.05, 0) is 49.7 Å². The molecule has 0 unspecified atom stereocenters. The molecular weight excluding hydrogens is 470 g/mol. The van der Waals surface area contributed by atoms with Gasteiger partial charge in [-0.2, -0.15) is 8.78 Å².